The Bertz CT molecular complexity index is 1720. The number of nitrogens with two attached hydrogens (primary N) is 1. The van der Waals surface area contributed by atoms with Crippen LogP contribution in [0.15, 0.2) is 60.8 Å². The summed E-state index contributed by atoms with van der Waals surface area (Å²) < 4.78 is 19.5. The Hall–Kier alpha value is -4.90. The minimum Gasteiger partial charge on any atom is -0.489 e. The smallest absolute Gasteiger partial charge is 0.319 e. The molecule has 1 aliphatic heterocycles. The summed E-state index contributed by atoms with van der Waals surface area (Å²) in [6.45, 7) is 3.17. The normalized spacial score (nSPS) is 17.2. The zero-order valence-corrected chi connectivity index (χ0v) is 23.3. The summed E-state index contributed by atoms with van der Waals surface area (Å²) in [6.07, 6.45) is 1.51. The zero-order chi connectivity index (χ0) is 30.2. The molecule has 11 heteroatoms. The first-order valence-electron chi connectivity index (χ1n) is 13.3. The molecule has 5 rings (SSSR count). The Morgan fingerprint density at radius 2 is 1.90 bits per heavy atom. The van der Waals surface area contributed by atoms with Crippen molar-refractivity contribution < 1.29 is 28.6 Å². The fourth-order valence-corrected chi connectivity index (χ4v) is 4.93. The summed E-state index contributed by atoms with van der Waals surface area (Å²) in [5, 5.41) is 17.4. The van der Waals surface area contributed by atoms with Crippen LogP contribution in [0.4, 0.5) is 14.9 Å². The molecule has 1 aliphatic rings. The van der Waals surface area contributed by atoms with Crippen LogP contribution in [0.5, 0.6) is 5.75 Å². The Kier molecular flexibility index (Phi) is 7.38. The number of carbonyl (C=O) groups is 3. The lowest BCUT2D eigenvalue weighted by atomic mass is 9.81. The number of aliphatic hydroxyl groups is 1. The van der Waals surface area contributed by atoms with Crippen molar-refractivity contribution >= 4 is 34.3 Å². The van der Waals surface area contributed by atoms with Gasteiger partial charge in [0.2, 0.25) is 5.91 Å². The van der Waals surface area contributed by atoms with Crippen molar-refractivity contribution in [3.05, 3.63) is 83.4 Å². The van der Waals surface area contributed by atoms with Gasteiger partial charge in [0, 0.05) is 41.7 Å². The van der Waals surface area contributed by atoms with Crippen LogP contribution >= 0.6 is 0 Å². The van der Waals surface area contributed by atoms with Gasteiger partial charge in [-0.3, -0.25) is 14.6 Å². The van der Waals surface area contributed by atoms with Gasteiger partial charge in [0.05, 0.1) is 16.9 Å². The number of aromatic nitrogens is 2. The molecule has 2 atom stereocenters. The van der Waals surface area contributed by atoms with E-state index >= 15 is 0 Å². The van der Waals surface area contributed by atoms with E-state index in [1.165, 1.54) is 38.2 Å². The lowest BCUT2D eigenvalue weighted by Crippen LogP contribution is -2.40. The number of hydrogen-bond acceptors (Lipinski definition) is 7. The van der Waals surface area contributed by atoms with Crippen molar-refractivity contribution in [3.8, 4) is 17.0 Å². The van der Waals surface area contributed by atoms with Crippen molar-refractivity contribution in [2.75, 3.05) is 19.0 Å². The first-order valence-corrected chi connectivity index (χ1v) is 13.3. The van der Waals surface area contributed by atoms with E-state index in [0.717, 1.165) is 0 Å². The third-order valence-electron chi connectivity index (χ3n) is 7.63. The number of halogens is 1. The number of anilines is 1. The van der Waals surface area contributed by atoms with Gasteiger partial charge in [-0.05, 0) is 68.8 Å². The molecule has 0 saturated heterocycles. The van der Waals surface area contributed by atoms with Crippen LogP contribution in [-0.4, -0.2) is 46.5 Å². The van der Waals surface area contributed by atoms with Crippen molar-refractivity contribution in [1.29, 1.82) is 0 Å². The number of ketones is 1. The molecule has 0 unspecified atom stereocenters. The fourth-order valence-electron chi connectivity index (χ4n) is 4.93. The average Bonchev–Trinajstić information content (AvgIpc) is 3.33. The predicted molar refractivity (Wildman–Crippen MR) is 155 cm³/mol. The number of carbonyl (C=O) groups excluding carboxylic acids is 3. The van der Waals surface area contributed by atoms with Gasteiger partial charge in [-0.25, -0.2) is 14.2 Å². The maximum absolute atomic E-state index is 13.7. The molecular weight excluding hydrogens is 541 g/mol. The number of ether oxygens (including phenoxy) is 1. The van der Waals surface area contributed by atoms with E-state index in [1.54, 1.807) is 43.5 Å². The second-order valence-corrected chi connectivity index (χ2v) is 10.7. The molecule has 0 aliphatic carbocycles. The minimum atomic E-state index is -1.61. The van der Waals surface area contributed by atoms with E-state index in [1.807, 2.05) is 0 Å². The van der Waals surface area contributed by atoms with Crippen molar-refractivity contribution in [2.45, 2.75) is 37.7 Å². The number of amides is 3. The minimum absolute atomic E-state index is 0.0130. The topological polar surface area (TPSA) is 157 Å². The van der Waals surface area contributed by atoms with Crippen LogP contribution in [0.3, 0.4) is 0 Å². The molecule has 0 bridgehead atoms. The molecular formula is C31H30FN5O5. The van der Waals surface area contributed by atoms with Gasteiger partial charge < -0.3 is 26.2 Å². The third-order valence-corrected chi connectivity index (χ3v) is 7.63. The van der Waals surface area contributed by atoms with Crippen LogP contribution < -0.4 is 21.1 Å². The van der Waals surface area contributed by atoms with Gasteiger partial charge in [-0.2, -0.15) is 0 Å². The van der Waals surface area contributed by atoms with Gasteiger partial charge >= 0.3 is 6.03 Å². The lowest BCUT2D eigenvalue weighted by molar-refractivity contribution is -0.123. The van der Waals surface area contributed by atoms with E-state index in [4.69, 9.17) is 10.5 Å². The number of fused-ring (bicyclic) bond motifs is 2. The highest BCUT2D eigenvalue weighted by atomic mass is 19.1. The number of urea groups is 1. The van der Waals surface area contributed by atoms with Crippen molar-refractivity contribution in [2.24, 2.45) is 5.73 Å². The van der Waals surface area contributed by atoms with Gasteiger partial charge in [-0.15, -0.1) is 0 Å². The monoisotopic (exact) mass is 571 g/mol. The molecule has 0 fully saturated rings. The molecule has 3 amide bonds. The number of rotatable bonds is 8. The van der Waals surface area contributed by atoms with Gasteiger partial charge in [0.15, 0.2) is 5.78 Å². The molecule has 5 N–H and O–H groups in total. The molecule has 42 heavy (non-hydrogen) atoms. The number of primary amides is 1. The maximum Gasteiger partial charge on any atom is 0.319 e. The van der Waals surface area contributed by atoms with Gasteiger partial charge in [-0.1, -0.05) is 6.07 Å². The summed E-state index contributed by atoms with van der Waals surface area (Å²) in [7, 11) is 1.48. The molecule has 0 spiro atoms. The number of nitrogens with one attached hydrogen (secondary N) is 2. The Labute approximate surface area is 241 Å². The first kappa shape index (κ1) is 28.6. The molecule has 216 valence electrons. The molecule has 4 aromatic rings. The number of hydrogen-bond donors (Lipinski definition) is 4. The largest absolute Gasteiger partial charge is 0.489 e. The number of pyridine rings is 2. The van der Waals surface area contributed by atoms with E-state index < -0.39 is 28.8 Å². The van der Waals surface area contributed by atoms with Crippen LogP contribution in [0.2, 0.25) is 0 Å². The fraction of sp³-hybridized carbons (Fsp3) is 0.258. The van der Waals surface area contributed by atoms with E-state index in [2.05, 4.69) is 20.6 Å². The quantitative estimate of drug-likeness (QED) is 0.231. The summed E-state index contributed by atoms with van der Waals surface area (Å²) in [6, 6.07) is 13.5. The second-order valence-electron chi connectivity index (χ2n) is 10.7. The number of nitrogens with zero attached hydrogens (tertiary/aromatic N) is 2. The lowest BCUT2D eigenvalue weighted by Gasteiger charge is -2.26. The van der Waals surface area contributed by atoms with Gasteiger partial charge in [0.25, 0.3) is 0 Å². The highest BCUT2D eigenvalue weighted by Gasteiger charge is 2.45. The Morgan fingerprint density at radius 1 is 1.17 bits per heavy atom. The highest BCUT2D eigenvalue weighted by Crippen LogP contribution is 2.46. The van der Waals surface area contributed by atoms with E-state index in [9.17, 15) is 23.9 Å². The maximum atomic E-state index is 13.7. The molecule has 2 aromatic heterocycles. The predicted octanol–water partition coefficient (Wildman–Crippen LogP) is 4.19. The molecule has 0 radical (unpaired) electrons. The standard InChI is InChI=1S/C31H30FN5O5/c1-30(28(33)39)16-42-27-21(30)15-24(37-26(27)17-6-8-20(32)9-7-17)31(2,41)11-10-23(38)19-13-18-5-4-12-35-25(18)22(14-19)36-29(40)34-3/h4-9,12-15,41H,10-11,16H2,1-3H3,(H2,33,39)(H2,34,36,40)/t30-,31-/m0/s1. The van der Waals surface area contributed by atoms with E-state index in [0.29, 0.717) is 44.7 Å². The molecule has 2 aromatic carbocycles. The molecule has 10 nitrogen and oxygen atoms in total. The van der Waals surface area contributed by atoms with Crippen LogP contribution in [0.1, 0.15) is 48.3 Å². The summed E-state index contributed by atoms with van der Waals surface area (Å²) in [4.78, 5) is 46.8. The average molecular weight is 572 g/mol. The number of benzene rings is 2. The summed E-state index contributed by atoms with van der Waals surface area (Å²) in [5.41, 5.74) is 5.69. The molecule has 3 heterocycles. The second kappa shape index (κ2) is 10.8. The Morgan fingerprint density at radius 3 is 2.60 bits per heavy atom. The van der Waals surface area contributed by atoms with E-state index in [-0.39, 0.29) is 30.9 Å². The van der Waals surface area contributed by atoms with Crippen LogP contribution in [-0.2, 0) is 15.8 Å². The zero-order valence-electron chi connectivity index (χ0n) is 23.3. The Balaban J connectivity index is 1.48. The summed E-state index contributed by atoms with van der Waals surface area (Å²) >= 11 is 0. The van der Waals surface area contributed by atoms with Crippen LogP contribution in [0.25, 0.3) is 22.2 Å². The van der Waals surface area contributed by atoms with Gasteiger partial charge in [0.1, 0.15) is 34.9 Å². The van der Waals surface area contributed by atoms with Crippen molar-refractivity contribution in [1.82, 2.24) is 15.3 Å². The number of Topliss-reactive ketones (excluding diaryl/α,β-unsaturated/α-hetero) is 1. The third kappa shape index (κ3) is 5.26. The van der Waals surface area contributed by atoms with Crippen molar-refractivity contribution in [3.63, 3.8) is 0 Å². The van der Waals surface area contributed by atoms with Crippen LogP contribution in [0, 0.1) is 5.82 Å². The highest BCUT2D eigenvalue weighted by molar-refractivity contribution is 6.06. The SMILES string of the molecule is CNC(=O)Nc1cc(C(=O)CC[C@](C)(O)c2cc3c(c(-c4ccc(F)cc4)n2)OC[C@]3(C)C(N)=O)cc2cccnc12. The summed E-state index contributed by atoms with van der Waals surface area (Å²) in [5.74, 6) is -0.978. The first-order chi connectivity index (χ1) is 19.9. The molecule has 0 saturated carbocycles.